The zero-order chi connectivity index (χ0) is 36.3. The third-order valence-corrected chi connectivity index (χ3v) is 9.86. The van der Waals surface area contributed by atoms with Gasteiger partial charge in [-0.1, -0.05) is 17.7 Å². The van der Waals surface area contributed by atoms with E-state index in [0.29, 0.717) is 23.2 Å². The van der Waals surface area contributed by atoms with Crippen LogP contribution in [-0.4, -0.2) is 73.2 Å². The summed E-state index contributed by atoms with van der Waals surface area (Å²) in [6.07, 6.45) is 0.655. The average molecular weight is 738 g/mol. The quantitative estimate of drug-likeness (QED) is 0.101. The molecule has 0 spiro atoms. The maximum absolute atomic E-state index is 13.1. The molecule has 0 aromatic carbocycles. The van der Waals surface area contributed by atoms with Crippen LogP contribution in [0.25, 0.3) is 5.82 Å². The molecule has 2 N–H and O–H groups in total. The standard InChI is InChI=1S/C34H43ClF3N7O4S/c1-31(2,3)49-30(47)45-22(13-15-32(45,4)5)8-7-19-39-24-9-6-10-27(40-24)50-43-29(46)23-11-12-25(41-28(23)35)44-20-14-26(42-44)48-21-18-33(16-17-33)34(36,37)38/h6,9-12,14,20,22H,7-8,13,15-19,21H2,1-5H3,(H,39,40)(H,43,46). The van der Waals surface area contributed by atoms with E-state index in [4.69, 9.17) is 21.1 Å². The summed E-state index contributed by atoms with van der Waals surface area (Å²) in [5.41, 5.74) is -2.32. The minimum atomic E-state index is -4.23. The van der Waals surface area contributed by atoms with Crippen LogP contribution < -0.4 is 14.8 Å². The Labute approximate surface area is 299 Å². The molecule has 5 rings (SSSR count). The first-order valence-corrected chi connectivity index (χ1v) is 17.8. The van der Waals surface area contributed by atoms with Gasteiger partial charge in [-0.25, -0.2) is 19.4 Å². The lowest BCUT2D eigenvalue weighted by Gasteiger charge is -2.37. The second kappa shape index (κ2) is 14.9. The Bertz CT molecular complexity index is 1680. The monoisotopic (exact) mass is 737 g/mol. The molecule has 3 aromatic rings. The van der Waals surface area contributed by atoms with Crippen molar-refractivity contribution in [1.29, 1.82) is 0 Å². The Morgan fingerprint density at radius 2 is 1.84 bits per heavy atom. The van der Waals surface area contributed by atoms with E-state index >= 15 is 0 Å². The van der Waals surface area contributed by atoms with Crippen molar-refractivity contribution in [3.05, 3.63) is 53.3 Å². The van der Waals surface area contributed by atoms with Gasteiger partial charge in [-0.2, -0.15) is 13.2 Å². The fourth-order valence-corrected chi connectivity index (χ4v) is 6.77. The number of ether oxygens (including phenoxy) is 2. The van der Waals surface area contributed by atoms with Gasteiger partial charge >= 0.3 is 12.3 Å². The number of alkyl halides is 3. The van der Waals surface area contributed by atoms with E-state index in [2.05, 4.69) is 39.0 Å². The molecule has 1 saturated heterocycles. The molecular weight excluding hydrogens is 695 g/mol. The highest BCUT2D eigenvalue weighted by molar-refractivity contribution is 7.97. The number of carbonyl (C=O) groups excluding carboxylic acids is 2. The van der Waals surface area contributed by atoms with Crippen molar-refractivity contribution in [2.24, 2.45) is 5.41 Å². The van der Waals surface area contributed by atoms with Crippen LogP contribution in [0.4, 0.5) is 23.8 Å². The summed E-state index contributed by atoms with van der Waals surface area (Å²) in [5.74, 6) is 0.638. The Morgan fingerprint density at radius 1 is 1.08 bits per heavy atom. The number of halogens is 4. The number of anilines is 1. The number of rotatable bonds is 13. The second-order valence-corrected chi connectivity index (χ2v) is 15.5. The molecule has 3 aromatic heterocycles. The summed E-state index contributed by atoms with van der Waals surface area (Å²) in [4.78, 5) is 36.6. The van der Waals surface area contributed by atoms with E-state index in [-0.39, 0.29) is 60.1 Å². The predicted molar refractivity (Wildman–Crippen MR) is 185 cm³/mol. The Morgan fingerprint density at radius 3 is 2.52 bits per heavy atom. The lowest BCUT2D eigenvalue weighted by atomic mass is 10.0. The first kappa shape index (κ1) is 37.5. The molecule has 1 aliphatic heterocycles. The smallest absolute Gasteiger partial charge is 0.410 e. The summed E-state index contributed by atoms with van der Waals surface area (Å²) < 4.78 is 54.7. The molecule has 1 aliphatic carbocycles. The molecule has 1 atom stereocenters. The molecule has 2 aliphatic rings. The molecule has 2 amide bonds. The third-order valence-electron chi connectivity index (χ3n) is 8.85. The molecule has 272 valence electrons. The normalized spacial score (nSPS) is 18.1. The fraction of sp³-hybridized carbons (Fsp3) is 0.559. The molecule has 0 bridgehead atoms. The number of carbonyl (C=O) groups is 2. The van der Waals surface area contributed by atoms with Gasteiger partial charge in [-0.15, -0.1) is 5.10 Å². The number of likely N-dealkylation sites (tertiary alicyclic amines) is 1. The SMILES string of the molecule is CC(C)(C)OC(=O)N1C(CCCNc2cccc(SNC(=O)c3ccc(-n4ccc(OCCC5(C(F)(F)F)CC5)n4)nc3Cl)n2)CCC1(C)C. The fourth-order valence-electron chi connectivity index (χ4n) is 5.93. The number of hydrogen-bond donors (Lipinski definition) is 2. The molecule has 16 heteroatoms. The van der Waals surface area contributed by atoms with Gasteiger partial charge in [0.2, 0.25) is 5.88 Å². The van der Waals surface area contributed by atoms with Crippen molar-refractivity contribution < 1.29 is 32.2 Å². The average Bonchev–Trinajstić information content (AvgIpc) is 3.58. The maximum atomic E-state index is 13.1. The summed E-state index contributed by atoms with van der Waals surface area (Å²) in [5, 5.41) is 8.04. The van der Waals surface area contributed by atoms with Crippen molar-refractivity contribution in [1.82, 2.24) is 29.4 Å². The van der Waals surface area contributed by atoms with Gasteiger partial charge in [0.1, 0.15) is 21.6 Å². The summed E-state index contributed by atoms with van der Waals surface area (Å²) in [7, 11) is 0. The highest BCUT2D eigenvalue weighted by Crippen LogP contribution is 2.59. The second-order valence-electron chi connectivity index (χ2n) is 14.3. The Kier molecular flexibility index (Phi) is 11.2. The largest absolute Gasteiger partial charge is 0.477 e. The van der Waals surface area contributed by atoms with Crippen LogP contribution in [0.15, 0.2) is 47.6 Å². The molecule has 1 unspecified atom stereocenters. The van der Waals surface area contributed by atoms with E-state index in [1.165, 1.54) is 16.8 Å². The van der Waals surface area contributed by atoms with Crippen LogP contribution in [0, 0.1) is 5.41 Å². The first-order chi connectivity index (χ1) is 23.5. The van der Waals surface area contributed by atoms with E-state index < -0.39 is 23.1 Å². The van der Waals surface area contributed by atoms with Crippen LogP contribution in [-0.2, 0) is 4.74 Å². The molecule has 1 saturated carbocycles. The van der Waals surface area contributed by atoms with Crippen LogP contribution in [0.1, 0.15) is 89.9 Å². The Hall–Kier alpha value is -3.72. The van der Waals surface area contributed by atoms with Crippen molar-refractivity contribution in [3.8, 4) is 11.7 Å². The number of amides is 2. The minimum Gasteiger partial charge on any atom is -0.477 e. The molecule has 2 fully saturated rings. The lowest BCUT2D eigenvalue weighted by molar-refractivity contribution is -0.190. The minimum absolute atomic E-state index is 0.0568. The summed E-state index contributed by atoms with van der Waals surface area (Å²) >= 11 is 7.38. The molecule has 0 radical (unpaired) electrons. The Balaban J connectivity index is 1.07. The van der Waals surface area contributed by atoms with Gasteiger partial charge in [0, 0.05) is 42.3 Å². The van der Waals surface area contributed by atoms with E-state index in [0.717, 1.165) is 37.6 Å². The number of aromatic nitrogens is 4. The maximum Gasteiger partial charge on any atom is 0.410 e. The first-order valence-electron chi connectivity index (χ1n) is 16.6. The number of hydrogen-bond acceptors (Lipinski definition) is 9. The van der Waals surface area contributed by atoms with Gasteiger partial charge in [0.25, 0.3) is 5.91 Å². The van der Waals surface area contributed by atoms with Crippen molar-refractivity contribution in [2.45, 2.75) is 108 Å². The highest BCUT2D eigenvalue weighted by atomic mass is 35.5. The van der Waals surface area contributed by atoms with E-state index in [1.807, 2.05) is 37.8 Å². The highest BCUT2D eigenvalue weighted by Gasteiger charge is 2.62. The zero-order valence-electron chi connectivity index (χ0n) is 28.8. The number of nitrogens with zero attached hydrogens (tertiary/aromatic N) is 5. The topological polar surface area (TPSA) is 124 Å². The van der Waals surface area contributed by atoms with E-state index in [1.54, 1.807) is 18.3 Å². The molecule has 11 nitrogen and oxygen atoms in total. The van der Waals surface area contributed by atoms with Gasteiger partial charge in [-0.3, -0.25) is 9.52 Å². The van der Waals surface area contributed by atoms with E-state index in [9.17, 15) is 22.8 Å². The van der Waals surface area contributed by atoms with Crippen LogP contribution in [0.5, 0.6) is 5.88 Å². The molecular formula is C34H43ClF3N7O4S. The van der Waals surface area contributed by atoms with Crippen molar-refractivity contribution in [3.63, 3.8) is 0 Å². The van der Waals surface area contributed by atoms with Gasteiger partial charge in [0.05, 0.1) is 17.6 Å². The predicted octanol–water partition coefficient (Wildman–Crippen LogP) is 8.23. The third kappa shape index (κ3) is 9.33. The number of pyridine rings is 2. The van der Waals surface area contributed by atoms with Gasteiger partial charge < -0.3 is 19.7 Å². The molecule has 50 heavy (non-hydrogen) atoms. The van der Waals surface area contributed by atoms with Crippen LogP contribution >= 0.6 is 23.5 Å². The van der Waals surface area contributed by atoms with Crippen LogP contribution in [0.3, 0.4) is 0 Å². The van der Waals surface area contributed by atoms with Crippen LogP contribution in [0.2, 0.25) is 5.15 Å². The number of nitrogens with one attached hydrogen (secondary N) is 2. The summed E-state index contributed by atoms with van der Waals surface area (Å²) in [6.45, 7) is 10.3. The van der Waals surface area contributed by atoms with Gasteiger partial charge in [-0.05, 0) is 104 Å². The van der Waals surface area contributed by atoms with Crippen molar-refractivity contribution in [2.75, 3.05) is 18.5 Å². The van der Waals surface area contributed by atoms with Crippen molar-refractivity contribution >= 4 is 41.4 Å². The molecule has 4 heterocycles. The zero-order valence-corrected chi connectivity index (χ0v) is 30.3. The lowest BCUT2D eigenvalue weighted by Crippen LogP contribution is -2.49. The van der Waals surface area contributed by atoms with Gasteiger partial charge in [0.15, 0.2) is 5.82 Å². The summed E-state index contributed by atoms with van der Waals surface area (Å²) in [6, 6.07) is 10.1.